The third kappa shape index (κ3) is 4.70. The molecule has 1 amide bonds. The van der Waals surface area contributed by atoms with Gasteiger partial charge in [-0.2, -0.15) is 0 Å². The Morgan fingerprint density at radius 3 is 2.52 bits per heavy atom. The van der Waals surface area contributed by atoms with Crippen LogP contribution in [0.3, 0.4) is 0 Å². The zero-order valence-corrected chi connectivity index (χ0v) is 16.2. The van der Waals surface area contributed by atoms with Gasteiger partial charge in [0.2, 0.25) is 0 Å². The Labute approximate surface area is 160 Å². The molecule has 0 saturated carbocycles. The first kappa shape index (κ1) is 19.0. The van der Waals surface area contributed by atoms with Gasteiger partial charge in [0.15, 0.2) is 11.5 Å². The fourth-order valence-electron chi connectivity index (χ4n) is 3.22. The van der Waals surface area contributed by atoms with Crippen LogP contribution in [0.1, 0.15) is 35.7 Å². The molecule has 0 spiro atoms. The van der Waals surface area contributed by atoms with Crippen LogP contribution in [-0.4, -0.2) is 38.2 Å². The molecular formula is C21H27N3O3. The number of piperidine rings is 1. The van der Waals surface area contributed by atoms with E-state index < -0.39 is 0 Å². The van der Waals surface area contributed by atoms with Crippen molar-refractivity contribution in [1.82, 2.24) is 10.3 Å². The minimum absolute atomic E-state index is 0.142. The van der Waals surface area contributed by atoms with Gasteiger partial charge in [-0.25, -0.2) is 4.98 Å². The lowest BCUT2D eigenvalue weighted by molar-refractivity contribution is 0.0950. The minimum Gasteiger partial charge on any atom is -0.493 e. The number of hydrogen-bond acceptors (Lipinski definition) is 5. The number of carbonyl (C=O) groups excluding carboxylic acids is 1. The van der Waals surface area contributed by atoms with E-state index >= 15 is 0 Å². The number of carbonyl (C=O) groups is 1. The molecule has 1 saturated heterocycles. The summed E-state index contributed by atoms with van der Waals surface area (Å²) in [6.07, 6.45) is 4.03. The van der Waals surface area contributed by atoms with E-state index in [1.807, 2.05) is 30.3 Å². The fraction of sp³-hybridized carbons (Fsp3) is 0.429. The first-order valence-electron chi connectivity index (χ1n) is 9.31. The Hall–Kier alpha value is -2.76. The van der Waals surface area contributed by atoms with E-state index in [-0.39, 0.29) is 5.91 Å². The number of methoxy groups -OCH3 is 2. The van der Waals surface area contributed by atoms with Crippen molar-refractivity contribution in [2.24, 2.45) is 5.92 Å². The van der Waals surface area contributed by atoms with E-state index in [0.29, 0.717) is 23.6 Å². The second-order valence-corrected chi connectivity index (χ2v) is 6.95. The van der Waals surface area contributed by atoms with Gasteiger partial charge in [0.25, 0.3) is 5.91 Å². The van der Waals surface area contributed by atoms with Crippen molar-refractivity contribution >= 4 is 11.7 Å². The number of nitrogens with one attached hydrogen (secondary N) is 1. The lowest BCUT2D eigenvalue weighted by Gasteiger charge is -2.31. The highest BCUT2D eigenvalue weighted by Crippen LogP contribution is 2.27. The molecule has 6 nitrogen and oxygen atoms in total. The molecule has 1 N–H and O–H groups in total. The first-order chi connectivity index (χ1) is 13.1. The van der Waals surface area contributed by atoms with Crippen LogP contribution in [0, 0.1) is 5.92 Å². The molecule has 3 rings (SSSR count). The maximum Gasteiger partial charge on any atom is 0.253 e. The lowest BCUT2D eigenvalue weighted by atomic mass is 9.99. The summed E-state index contributed by atoms with van der Waals surface area (Å²) >= 11 is 0. The quantitative estimate of drug-likeness (QED) is 0.847. The standard InChI is InChI=1S/C21H27N3O3/c1-15-8-10-24(11-9-15)20-7-5-17(14-22-20)21(25)23-13-16-4-6-18(26-2)19(12-16)27-3/h4-7,12,14-15H,8-11,13H2,1-3H3,(H,23,25). The SMILES string of the molecule is COc1ccc(CNC(=O)c2ccc(N3CCC(C)CC3)nc2)cc1OC. The molecule has 1 aromatic heterocycles. The first-order valence-corrected chi connectivity index (χ1v) is 9.31. The summed E-state index contributed by atoms with van der Waals surface area (Å²) in [5.74, 6) is 2.89. The summed E-state index contributed by atoms with van der Waals surface area (Å²) in [5.41, 5.74) is 1.50. The number of nitrogens with zero attached hydrogens (tertiary/aromatic N) is 2. The molecule has 0 aliphatic carbocycles. The topological polar surface area (TPSA) is 63.7 Å². The molecule has 2 heterocycles. The van der Waals surface area contributed by atoms with Gasteiger partial charge in [0.05, 0.1) is 19.8 Å². The van der Waals surface area contributed by atoms with Crippen LogP contribution in [0.5, 0.6) is 11.5 Å². The van der Waals surface area contributed by atoms with E-state index in [1.165, 1.54) is 12.8 Å². The van der Waals surface area contributed by atoms with Crippen LogP contribution < -0.4 is 19.7 Å². The Bertz CT molecular complexity index is 769. The van der Waals surface area contributed by atoms with Crippen LogP contribution in [0.4, 0.5) is 5.82 Å². The van der Waals surface area contributed by atoms with E-state index in [1.54, 1.807) is 20.4 Å². The highest BCUT2D eigenvalue weighted by molar-refractivity contribution is 5.94. The number of amides is 1. The van der Waals surface area contributed by atoms with E-state index in [0.717, 1.165) is 30.4 Å². The normalized spacial score (nSPS) is 14.7. The van der Waals surface area contributed by atoms with Crippen molar-refractivity contribution in [2.75, 3.05) is 32.2 Å². The Morgan fingerprint density at radius 1 is 1.15 bits per heavy atom. The average Bonchev–Trinajstić information content (AvgIpc) is 2.72. The minimum atomic E-state index is -0.142. The maximum absolute atomic E-state index is 12.4. The van der Waals surface area contributed by atoms with Gasteiger partial charge in [-0.15, -0.1) is 0 Å². The van der Waals surface area contributed by atoms with Gasteiger partial charge in [0.1, 0.15) is 5.82 Å². The molecule has 0 atom stereocenters. The van der Waals surface area contributed by atoms with Gasteiger partial charge < -0.3 is 19.7 Å². The van der Waals surface area contributed by atoms with Crippen LogP contribution in [0.25, 0.3) is 0 Å². The summed E-state index contributed by atoms with van der Waals surface area (Å²) in [7, 11) is 3.19. The van der Waals surface area contributed by atoms with Crippen molar-refractivity contribution in [3.63, 3.8) is 0 Å². The van der Waals surface area contributed by atoms with Crippen LogP contribution in [0.15, 0.2) is 36.5 Å². The molecule has 2 aromatic rings. The number of ether oxygens (including phenoxy) is 2. The largest absolute Gasteiger partial charge is 0.493 e. The second kappa shape index (κ2) is 8.75. The second-order valence-electron chi connectivity index (χ2n) is 6.95. The summed E-state index contributed by atoms with van der Waals surface area (Å²) in [6, 6.07) is 9.36. The van der Waals surface area contributed by atoms with Gasteiger partial charge >= 0.3 is 0 Å². The molecule has 1 aliphatic rings. The average molecular weight is 369 g/mol. The Morgan fingerprint density at radius 2 is 1.89 bits per heavy atom. The van der Waals surface area contributed by atoms with Gasteiger partial charge in [-0.1, -0.05) is 13.0 Å². The molecule has 1 aromatic carbocycles. The third-order valence-corrected chi connectivity index (χ3v) is 5.02. The van der Waals surface area contributed by atoms with Crippen molar-refractivity contribution in [3.05, 3.63) is 47.7 Å². The van der Waals surface area contributed by atoms with Crippen LogP contribution in [-0.2, 0) is 6.54 Å². The van der Waals surface area contributed by atoms with Gasteiger partial charge in [-0.05, 0) is 48.6 Å². The van der Waals surface area contributed by atoms with E-state index in [9.17, 15) is 4.79 Å². The molecule has 6 heteroatoms. The van der Waals surface area contributed by atoms with Gasteiger partial charge in [-0.3, -0.25) is 4.79 Å². The maximum atomic E-state index is 12.4. The summed E-state index contributed by atoms with van der Waals surface area (Å²) in [4.78, 5) is 19.2. The molecule has 1 aliphatic heterocycles. The van der Waals surface area contributed by atoms with Crippen molar-refractivity contribution in [2.45, 2.75) is 26.3 Å². The molecule has 144 valence electrons. The van der Waals surface area contributed by atoms with E-state index in [2.05, 4.69) is 22.1 Å². The predicted octanol–water partition coefficient (Wildman–Crippen LogP) is 3.27. The number of rotatable bonds is 6. The number of hydrogen-bond donors (Lipinski definition) is 1. The van der Waals surface area contributed by atoms with Gasteiger partial charge in [0, 0.05) is 25.8 Å². The zero-order chi connectivity index (χ0) is 19.2. The van der Waals surface area contributed by atoms with Crippen LogP contribution in [0.2, 0.25) is 0 Å². The molecule has 27 heavy (non-hydrogen) atoms. The lowest BCUT2D eigenvalue weighted by Crippen LogP contribution is -2.33. The Kier molecular flexibility index (Phi) is 6.16. The van der Waals surface area contributed by atoms with Crippen molar-refractivity contribution < 1.29 is 14.3 Å². The molecule has 0 bridgehead atoms. The number of pyridine rings is 1. The van der Waals surface area contributed by atoms with E-state index in [4.69, 9.17) is 9.47 Å². The summed E-state index contributed by atoms with van der Waals surface area (Å²) < 4.78 is 10.5. The monoisotopic (exact) mass is 369 g/mol. The highest BCUT2D eigenvalue weighted by Gasteiger charge is 2.17. The number of benzene rings is 1. The predicted molar refractivity (Wildman–Crippen MR) is 106 cm³/mol. The third-order valence-electron chi connectivity index (χ3n) is 5.02. The molecule has 1 fully saturated rings. The van der Waals surface area contributed by atoms with Crippen molar-refractivity contribution in [1.29, 1.82) is 0 Å². The molecular weight excluding hydrogens is 342 g/mol. The highest BCUT2D eigenvalue weighted by atomic mass is 16.5. The molecule has 0 unspecified atom stereocenters. The summed E-state index contributed by atoms with van der Waals surface area (Å²) in [5, 5.41) is 2.92. The van der Waals surface area contributed by atoms with Crippen LogP contribution >= 0.6 is 0 Å². The number of anilines is 1. The number of aromatic nitrogens is 1. The smallest absolute Gasteiger partial charge is 0.253 e. The Balaban J connectivity index is 1.58. The molecule has 0 radical (unpaired) electrons. The van der Waals surface area contributed by atoms with Crippen molar-refractivity contribution in [3.8, 4) is 11.5 Å². The fourth-order valence-corrected chi connectivity index (χ4v) is 3.22. The summed E-state index contributed by atoms with van der Waals surface area (Å²) in [6.45, 7) is 4.75. The zero-order valence-electron chi connectivity index (χ0n) is 16.2.